The number of piperazine rings is 1. The molecule has 2 fully saturated rings. The summed E-state index contributed by atoms with van der Waals surface area (Å²) in [4.78, 5) is 17.2. The molecule has 0 aromatic heterocycles. The normalized spacial score (nSPS) is 24.5. The van der Waals surface area contributed by atoms with Crippen LogP contribution in [0.1, 0.15) is 25.3 Å². The van der Waals surface area contributed by atoms with Crippen molar-refractivity contribution >= 4 is 5.91 Å². The Morgan fingerprint density at radius 3 is 2.96 bits per heavy atom. The summed E-state index contributed by atoms with van der Waals surface area (Å²) in [5.41, 5.74) is 1.19. The lowest BCUT2D eigenvalue weighted by Gasteiger charge is -2.48. The molecule has 3 rings (SSSR count). The molecule has 1 aromatic carbocycles. The first-order valence-electron chi connectivity index (χ1n) is 8.90. The molecule has 1 atom stereocenters. The van der Waals surface area contributed by atoms with Gasteiger partial charge in [-0.05, 0) is 37.1 Å². The van der Waals surface area contributed by atoms with Crippen molar-refractivity contribution in [3.63, 3.8) is 0 Å². The van der Waals surface area contributed by atoms with Gasteiger partial charge in [-0.15, -0.1) is 0 Å². The second kappa shape index (κ2) is 7.53. The number of hydrogen-bond acceptors (Lipinski definition) is 4. The quantitative estimate of drug-likeness (QED) is 0.826. The Morgan fingerprint density at radius 2 is 2.25 bits per heavy atom. The summed E-state index contributed by atoms with van der Waals surface area (Å²) >= 11 is 0. The first-order valence-corrected chi connectivity index (χ1v) is 8.90. The maximum atomic E-state index is 12.7. The van der Waals surface area contributed by atoms with Gasteiger partial charge in [0, 0.05) is 32.7 Å². The number of ether oxygens (including phenoxy) is 2. The first-order chi connectivity index (χ1) is 11.7. The molecule has 0 aliphatic carbocycles. The van der Waals surface area contributed by atoms with E-state index in [1.807, 2.05) is 23.1 Å². The van der Waals surface area contributed by atoms with Crippen molar-refractivity contribution in [3.8, 4) is 5.75 Å². The maximum absolute atomic E-state index is 12.7. The molecule has 1 spiro atoms. The molecule has 5 heteroatoms. The monoisotopic (exact) mass is 332 g/mol. The van der Waals surface area contributed by atoms with Gasteiger partial charge in [0.05, 0.1) is 19.3 Å². The summed E-state index contributed by atoms with van der Waals surface area (Å²) in [5.74, 6) is 1.10. The average molecular weight is 332 g/mol. The minimum absolute atomic E-state index is 0.0403. The minimum atomic E-state index is 0.0403. The summed E-state index contributed by atoms with van der Waals surface area (Å²) in [5, 5.41) is 0. The topological polar surface area (TPSA) is 42.0 Å². The van der Waals surface area contributed by atoms with Gasteiger partial charge in [0.25, 0.3) is 0 Å². The molecular formula is C19H28N2O3. The average Bonchev–Trinajstić information content (AvgIpc) is 3.08. The highest BCUT2D eigenvalue weighted by Gasteiger charge is 2.44. The molecule has 24 heavy (non-hydrogen) atoms. The summed E-state index contributed by atoms with van der Waals surface area (Å²) in [7, 11) is 1.67. The molecule has 2 aliphatic heterocycles. The van der Waals surface area contributed by atoms with Crippen molar-refractivity contribution < 1.29 is 14.3 Å². The van der Waals surface area contributed by atoms with Crippen molar-refractivity contribution in [2.24, 2.45) is 0 Å². The number of aryl methyl sites for hydroxylation is 1. The van der Waals surface area contributed by atoms with Gasteiger partial charge < -0.3 is 14.4 Å². The molecule has 0 N–H and O–H groups in total. The fraction of sp³-hybridized carbons (Fsp3) is 0.632. The van der Waals surface area contributed by atoms with Crippen LogP contribution in [0.3, 0.4) is 0 Å². The summed E-state index contributed by atoms with van der Waals surface area (Å²) < 4.78 is 10.9. The van der Waals surface area contributed by atoms with Crippen LogP contribution in [0.25, 0.3) is 0 Å². The van der Waals surface area contributed by atoms with Crippen LogP contribution < -0.4 is 4.74 Å². The van der Waals surface area contributed by atoms with Gasteiger partial charge in [0.15, 0.2) is 0 Å². The van der Waals surface area contributed by atoms with E-state index in [4.69, 9.17) is 9.47 Å². The van der Waals surface area contributed by atoms with E-state index in [2.05, 4.69) is 17.9 Å². The van der Waals surface area contributed by atoms with E-state index in [1.54, 1.807) is 7.11 Å². The van der Waals surface area contributed by atoms with E-state index in [9.17, 15) is 4.79 Å². The van der Waals surface area contributed by atoms with Crippen LogP contribution in [0.2, 0.25) is 0 Å². The third-order valence-corrected chi connectivity index (χ3v) is 5.37. The van der Waals surface area contributed by atoms with Crippen LogP contribution in [-0.2, 0) is 16.0 Å². The van der Waals surface area contributed by atoms with Crippen LogP contribution >= 0.6 is 0 Å². The zero-order valence-corrected chi connectivity index (χ0v) is 14.8. The van der Waals surface area contributed by atoms with E-state index in [0.717, 1.165) is 63.5 Å². The molecule has 2 saturated heterocycles. The van der Waals surface area contributed by atoms with E-state index >= 15 is 0 Å². The number of hydrogen-bond donors (Lipinski definition) is 0. The third kappa shape index (κ3) is 3.57. The number of carbonyl (C=O) groups excluding carboxylic acids is 1. The lowest BCUT2D eigenvalue weighted by atomic mass is 9.92. The predicted octanol–water partition coefficient (Wildman–Crippen LogP) is 1.95. The minimum Gasteiger partial charge on any atom is -0.497 e. The van der Waals surface area contributed by atoms with Crippen molar-refractivity contribution in [1.29, 1.82) is 0 Å². The Balaban J connectivity index is 1.59. The van der Waals surface area contributed by atoms with Crippen molar-refractivity contribution in [2.45, 2.75) is 31.7 Å². The standard InChI is InChI=1S/C19H28N2O3/c1-3-21-11-10-20(14-19(21)9-12-24-15-19)18(22)8-7-16-5-4-6-17(13-16)23-2/h4-6,13H,3,7-12,14-15H2,1-2H3. The van der Waals surface area contributed by atoms with Crippen molar-refractivity contribution in [2.75, 3.05) is 46.5 Å². The molecule has 1 aromatic rings. The van der Waals surface area contributed by atoms with Gasteiger partial charge in [-0.2, -0.15) is 0 Å². The zero-order chi connectivity index (χ0) is 17.0. The van der Waals surface area contributed by atoms with E-state index in [-0.39, 0.29) is 11.4 Å². The molecule has 1 amide bonds. The van der Waals surface area contributed by atoms with Crippen LogP contribution in [-0.4, -0.2) is 67.7 Å². The largest absolute Gasteiger partial charge is 0.497 e. The summed E-state index contributed by atoms with van der Waals surface area (Å²) in [6.07, 6.45) is 2.34. The van der Waals surface area contributed by atoms with Crippen LogP contribution in [0.15, 0.2) is 24.3 Å². The summed E-state index contributed by atoms with van der Waals surface area (Å²) in [6.45, 7) is 7.35. The second-order valence-corrected chi connectivity index (χ2v) is 6.77. The Labute approximate surface area is 144 Å². The lowest BCUT2D eigenvalue weighted by molar-refractivity contribution is -0.137. The summed E-state index contributed by atoms with van der Waals surface area (Å²) in [6, 6.07) is 7.97. The Bertz CT molecular complexity index is 569. The van der Waals surface area contributed by atoms with Crippen molar-refractivity contribution in [1.82, 2.24) is 9.80 Å². The molecule has 132 valence electrons. The molecule has 1 unspecified atom stereocenters. The van der Waals surface area contributed by atoms with Gasteiger partial charge >= 0.3 is 0 Å². The number of benzene rings is 1. The SMILES string of the molecule is CCN1CCN(C(=O)CCc2cccc(OC)c2)CC12CCOC2. The van der Waals surface area contributed by atoms with Crippen molar-refractivity contribution in [3.05, 3.63) is 29.8 Å². The predicted molar refractivity (Wildman–Crippen MR) is 93.3 cm³/mol. The van der Waals surface area contributed by atoms with Gasteiger partial charge in [0.2, 0.25) is 5.91 Å². The molecule has 2 heterocycles. The van der Waals surface area contributed by atoms with E-state index in [0.29, 0.717) is 6.42 Å². The number of carbonyl (C=O) groups is 1. The first kappa shape index (κ1) is 17.2. The van der Waals surface area contributed by atoms with E-state index < -0.39 is 0 Å². The fourth-order valence-corrected chi connectivity index (χ4v) is 3.93. The highest BCUT2D eigenvalue weighted by molar-refractivity contribution is 5.76. The van der Waals surface area contributed by atoms with Gasteiger partial charge in [-0.3, -0.25) is 9.69 Å². The molecule has 2 aliphatic rings. The van der Waals surface area contributed by atoms with E-state index in [1.165, 1.54) is 0 Å². The lowest BCUT2D eigenvalue weighted by Crippen LogP contribution is -2.63. The highest BCUT2D eigenvalue weighted by Crippen LogP contribution is 2.30. The Hall–Kier alpha value is -1.59. The number of amides is 1. The van der Waals surface area contributed by atoms with Gasteiger partial charge in [-0.1, -0.05) is 19.1 Å². The fourth-order valence-electron chi connectivity index (χ4n) is 3.93. The van der Waals surface area contributed by atoms with Gasteiger partial charge in [-0.25, -0.2) is 0 Å². The van der Waals surface area contributed by atoms with Crippen LogP contribution in [0.5, 0.6) is 5.75 Å². The Morgan fingerprint density at radius 1 is 1.38 bits per heavy atom. The number of nitrogens with zero attached hydrogens (tertiary/aromatic N) is 2. The van der Waals surface area contributed by atoms with Crippen LogP contribution in [0.4, 0.5) is 0 Å². The molecular weight excluding hydrogens is 304 g/mol. The number of methoxy groups -OCH3 is 1. The molecule has 0 saturated carbocycles. The highest BCUT2D eigenvalue weighted by atomic mass is 16.5. The number of likely N-dealkylation sites (N-methyl/N-ethyl adjacent to an activating group) is 1. The Kier molecular flexibility index (Phi) is 5.41. The smallest absolute Gasteiger partial charge is 0.223 e. The van der Waals surface area contributed by atoms with Gasteiger partial charge in [0.1, 0.15) is 5.75 Å². The molecule has 0 radical (unpaired) electrons. The van der Waals surface area contributed by atoms with Crippen LogP contribution in [0, 0.1) is 0 Å². The molecule has 5 nitrogen and oxygen atoms in total. The molecule has 0 bridgehead atoms. The zero-order valence-electron chi connectivity index (χ0n) is 14.8. The maximum Gasteiger partial charge on any atom is 0.223 e. The third-order valence-electron chi connectivity index (χ3n) is 5.37. The second-order valence-electron chi connectivity index (χ2n) is 6.77. The number of rotatable bonds is 5.